The molecule has 5 aliphatic rings. The number of primary amides is 1. The van der Waals surface area contributed by atoms with E-state index in [2.05, 4.69) is 95.0 Å². The number of benzene rings is 1. The first kappa shape index (κ1) is 119. The number of carbonyl (C=O) groups excluding carboxylic acids is 23. The van der Waals surface area contributed by atoms with Gasteiger partial charge in [-0.15, -0.1) is 0 Å². The van der Waals surface area contributed by atoms with Crippen LogP contribution in [0.2, 0.25) is 0 Å². The van der Waals surface area contributed by atoms with Gasteiger partial charge in [-0.1, -0.05) is 50.6 Å². The van der Waals surface area contributed by atoms with Gasteiger partial charge in [-0.25, -0.2) is 9.78 Å². The molecular weight excluding hydrogens is 1960 g/mol. The van der Waals surface area contributed by atoms with E-state index >= 15 is 19.2 Å². The highest BCUT2D eigenvalue weighted by molar-refractivity contribution is 6.04. The Bertz CT molecular complexity index is 5240. The molecule has 1 aromatic carbocycles. The minimum absolute atomic E-state index is 0.0168. The summed E-state index contributed by atoms with van der Waals surface area (Å²) in [6.45, 7) is 1.57. The number of imidazole rings is 1. The lowest BCUT2D eigenvalue weighted by molar-refractivity contribution is -0.156. The average Bonchev–Trinajstić information content (AvgIpc) is 1.28. The van der Waals surface area contributed by atoms with E-state index in [-0.39, 0.29) is 82.5 Å². The Kier molecular flexibility index (Phi) is 45.8. The van der Waals surface area contributed by atoms with E-state index < -0.39 is 365 Å². The first-order valence-electron chi connectivity index (χ1n) is 47.5. The summed E-state index contributed by atoms with van der Waals surface area (Å²) in [5.74, 6) is -38.5. The molecule has 812 valence electrons. The van der Waals surface area contributed by atoms with Gasteiger partial charge in [0.2, 0.25) is 124 Å². The summed E-state index contributed by atoms with van der Waals surface area (Å²) in [6.07, 6.45) is -13.1. The lowest BCUT2D eigenvalue weighted by Gasteiger charge is -2.31. The number of aliphatic hydroxyl groups is 1. The minimum atomic E-state index is -2.51. The molecule has 5 aliphatic heterocycles. The van der Waals surface area contributed by atoms with Gasteiger partial charge in [-0.3, -0.25) is 125 Å². The summed E-state index contributed by atoms with van der Waals surface area (Å²) in [6, 6.07) is -26.1. The van der Waals surface area contributed by atoms with Crippen molar-refractivity contribution in [2.75, 3.05) is 52.4 Å². The van der Waals surface area contributed by atoms with Crippen molar-refractivity contribution in [2.24, 2.45) is 23.1 Å². The molecular formula is C89H127N25O34. The number of unbranched alkanes of at least 4 members (excludes halogenated alkanes) is 1. The standard InChI is InChI=1S/C89H127N25O34/c1-40(2)25-56(89(145)146)108-77(133)48(26-45-15-8-7-9-16-45)103-78(134)52(30-66(123)124)105-83(139)59-20-14-24-114(59)88(144)55-33-69(128)147-43(5)71-84(140)97-38-64(120)112-22-12-19-58(112)82(138)104-50(28-60(92)116)75(131)95-36-62(118)101-53(79(135)107-54(31-67(125)126)87(143)113-23-13-18-57(113)81(137)96-37-63(119)102-55)32-68(127)148-44(6)72(86(142)106-49(27-46-34-93-39-98-46)76(132)99-41(3)73(129)110-71)111-85(141)70(42(4)115)109-80(136)51(29-65(121)122)100-61(117)35-94-74(130)47(91)17-10-11-21-90/h7-9,15-16,34,39-44,47-59,70-72,115H,10-14,17-33,35-38,90-91H2,1-6H3,(H2,92,116)(H,93,98)(H,94,130)(H,95,131)(H,96,137)(H,97,140)(H,99,132)(H,100,117)(H,101,118)(H,102,119)(H,103,134)(H,104,138)(H,105,139)(H,106,142)(H,107,135)(H,108,133)(H,109,136)(H,110,129)(H,111,141)(H,121,122)(H,123,124)(H,125,126)(H,145,146)/t41-,42+,43+,44+,47-,48-,49-,50-,51-,52-,53-,54-,55-,56-,57-,58-,59-,70-,71-,72-/m0/s1. The van der Waals surface area contributed by atoms with Crippen molar-refractivity contribution in [1.29, 1.82) is 0 Å². The number of H-pyrrole nitrogens is 1. The second-order valence-corrected chi connectivity index (χ2v) is 36.2. The van der Waals surface area contributed by atoms with Gasteiger partial charge in [-0.2, -0.15) is 0 Å². The number of aliphatic hydroxyl groups excluding tert-OH is 1. The summed E-state index contributed by atoms with van der Waals surface area (Å²) < 4.78 is 11.4. The number of rotatable bonds is 35. The van der Waals surface area contributed by atoms with Crippen molar-refractivity contribution in [1.82, 2.24) is 115 Å². The zero-order valence-electron chi connectivity index (χ0n) is 81.6. The van der Waals surface area contributed by atoms with Crippen LogP contribution < -0.4 is 108 Å². The molecule has 59 nitrogen and oxygen atoms in total. The fourth-order valence-electron chi connectivity index (χ4n) is 16.5. The summed E-state index contributed by atoms with van der Waals surface area (Å²) in [5.41, 5.74) is 17.4. The first-order chi connectivity index (χ1) is 69.8. The molecule has 7 rings (SSSR count). The van der Waals surface area contributed by atoms with E-state index in [1.165, 1.54) is 0 Å². The quantitative estimate of drug-likeness (QED) is 0.0173. The molecule has 0 aliphatic carbocycles. The summed E-state index contributed by atoms with van der Waals surface area (Å²) in [7, 11) is 0. The molecule has 21 amide bonds. The zero-order valence-corrected chi connectivity index (χ0v) is 81.6. The molecule has 0 radical (unpaired) electrons. The number of carboxylic acids is 4. The number of nitrogens with zero attached hydrogens (tertiary/aromatic N) is 4. The van der Waals surface area contributed by atoms with Crippen molar-refractivity contribution >= 4 is 160 Å². The van der Waals surface area contributed by atoms with Crippen LogP contribution in [0.3, 0.4) is 0 Å². The Labute approximate surface area is 843 Å². The number of carboxylic acid groups (broad SMARTS) is 4. The number of nitrogens with one attached hydrogen (secondary N) is 18. The molecule has 29 N–H and O–H groups in total. The summed E-state index contributed by atoms with van der Waals surface area (Å²) >= 11 is 0. The zero-order chi connectivity index (χ0) is 110. The Hall–Kier alpha value is -16.0. The van der Waals surface area contributed by atoms with Gasteiger partial charge in [0.25, 0.3) is 0 Å². The summed E-state index contributed by atoms with van der Waals surface area (Å²) in [4.78, 5) is 391. The average molecular weight is 2090 g/mol. The third-order valence-electron chi connectivity index (χ3n) is 24.0. The van der Waals surface area contributed by atoms with Crippen LogP contribution in [0.4, 0.5) is 0 Å². The number of nitrogens with two attached hydrogens (primary N) is 3. The van der Waals surface area contributed by atoms with Gasteiger partial charge >= 0.3 is 35.8 Å². The number of aliphatic carboxylic acids is 4. The lowest BCUT2D eigenvalue weighted by atomic mass is 10.0. The Morgan fingerprint density at radius 1 is 0.547 bits per heavy atom. The minimum Gasteiger partial charge on any atom is -0.481 e. The Morgan fingerprint density at radius 3 is 1.74 bits per heavy atom. The van der Waals surface area contributed by atoms with Crippen molar-refractivity contribution < 1.29 is 164 Å². The van der Waals surface area contributed by atoms with Crippen LogP contribution in [0, 0.1) is 5.92 Å². The number of aromatic amines is 1. The van der Waals surface area contributed by atoms with Crippen LogP contribution in [0.5, 0.6) is 0 Å². The maximum atomic E-state index is 15.4. The number of aromatic nitrogens is 2. The van der Waals surface area contributed by atoms with E-state index in [4.69, 9.17) is 26.7 Å². The molecule has 1 aromatic heterocycles. The lowest BCUT2D eigenvalue weighted by Crippen LogP contribution is -2.64. The number of carbonyl (C=O) groups is 27. The number of fused-ring (bicyclic) bond motifs is 16. The second kappa shape index (κ2) is 57.0. The van der Waals surface area contributed by atoms with Crippen molar-refractivity contribution in [3.8, 4) is 0 Å². The van der Waals surface area contributed by atoms with Crippen molar-refractivity contribution in [3.63, 3.8) is 0 Å². The smallest absolute Gasteiger partial charge is 0.326 e. The van der Waals surface area contributed by atoms with Crippen molar-refractivity contribution in [2.45, 2.75) is 278 Å². The molecule has 6 heterocycles. The van der Waals surface area contributed by atoms with Crippen molar-refractivity contribution in [3.05, 3.63) is 54.1 Å². The molecule has 0 unspecified atom stereocenters. The molecule has 0 spiro atoms. The van der Waals surface area contributed by atoms with Gasteiger partial charge in [-0.05, 0) is 104 Å². The Morgan fingerprint density at radius 2 is 1.13 bits per heavy atom. The number of amides is 21. The molecule has 20 atom stereocenters. The third kappa shape index (κ3) is 36.9. The monoisotopic (exact) mass is 2090 g/mol. The fraction of sp³-hybridized carbons (Fsp3) is 0.596. The van der Waals surface area contributed by atoms with Crippen LogP contribution >= 0.6 is 0 Å². The highest BCUT2D eigenvalue weighted by Gasteiger charge is 2.47. The number of hydrogen-bond acceptors (Lipinski definition) is 33. The van der Waals surface area contributed by atoms with Crippen LogP contribution in [-0.2, 0) is 152 Å². The Balaban J connectivity index is 1.35. The topological polar surface area (TPSA) is 901 Å². The molecule has 5 fully saturated rings. The van der Waals surface area contributed by atoms with E-state index in [1.807, 2.05) is 5.32 Å². The first-order valence-corrected chi connectivity index (χ1v) is 47.5. The second-order valence-electron chi connectivity index (χ2n) is 36.2. The van der Waals surface area contributed by atoms with Crippen LogP contribution in [0.15, 0.2) is 42.9 Å². The number of likely N-dealkylation sites (tertiary alicyclic amines) is 1. The number of cyclic esters (lactones) is 1. The predicted molar refractivity (Wildman–Crippen MR) is 500 cm³/mol. The van der Waals surface area contributed by atoms with Crippen LogP contribution in [0.1, 0.15) is 156 Å². The number of hydrogen-bond donors (Lipinski definition) is 26. The maximum absolute atomic E-state index is 15.4. The van der Waals surface area contributed by atoms with Gasteiger partial charge in [0, 0.05) is 44.4 Å². The van der Waals surface area contributed by atoms with E-state index in [9.17, 15) is 136 Å². The van der Waals surface area contributed by atoms with E-state index in [0.717, 1.165) is 54.9 Å². The number of ether oxygens (including phenoxy) is 2. The normalized spacial score (nSPS) is 24.2. The van der Waals surface area contributed by atoms with Gasteiger partial charge < -0.3 is 162 Å². The van der Waals surface area contributed by atoms with E-state index in [1.54, 1.807) is 44.2 Å². The third-order valence-corrected chi connectivity index (χ3v) is 24.0. The van der Waals surface area contributed by atoms with Gasteiger partial charge in [0.1, 0.15) is 109 Å². The van der Waals surface area contributed by atoms with Crippen LogP contribution in [0.25, 0.3) is 0 Å². The SMILES string of the molecule is CC(C)C[C@H](NC(=O)[C@H](Cc1ccccc1)NC(=O)[C@H](CC(=O)O)NC(=O)[C@@H]1CCCN1C(=O)[C@@H]1CC(=O)O[C@H](C)[C@@H]2NC(=O)[C@H](C)NC(=O)[C@H](Cc3cnc[nH]3)NC(=O)[C@@H](NC(=O)[C@@H](NC(=O)[C@H](CC(=O)O)NC(=O)CNC(=O)[C@@H](N)CCCCN)[C@@H](C)O)[C@@H](C)OC(=O)C[C@H](NC(=O)CNC(=O)[C@H](CC(N)=O)NC(=O)[C@@H]3CCCN3C(=O)CNC2=O)C(=O)N[C@@H](CC(=O)O)C(=O)N2CCC[C@H]2C(=O)NCC(=O)N1)C(=O)O. The van der Waals surface area contributed by atoms with Gasteiger partial charge in [0.15, 0.2) is 0 Å². The fourth-order valence-corrected chi connectivity index (χ4v) is 16.5. The molecule has 5 saturated heterocycles. The molecule has 2 aromatic rings. The van der Waals surface area contributed by atoms with Crippen LogP contribution in [-0.4, -0.2) is 383 Å². The molecule has 148 heavy (non-hydrogen) atoms. The largest absolute Gasteiger partial charge is 0.481 e. The molecule has 59 heteroatoms. The maximum Gasteiger partial charge on any atom is 0.326 e. The highest BCUT2D eigenvalue weighted by atomic mass is 16.6. The molecule has 0 saturated carbocycles. The predicted octanol–water partition coefficient (Wildman–Crippen LogP) is -13.1. The molecule has 2 bridgehead atoms. The highest BCUT2D eigenvalue weighted by Crippen LogP contribution is 2.25. The number of esters is 2. The van der Waals surface area contributed by atoms with Gasteiger partial charge in [0.05, 0.1) is 83.2 Å². The van der Waals surface area contributed by atoms with E-state index in [0.29, 0.717) is 18.4 Å². The summed E-state index contributed by atoms with van der Waals surface area (Å²) in [5, 5.41) is 89.4.